The summed E-state index contributed by atoms with van der Waals surface area (Å²) in [6.07, 6.45) is 1.45. The standard InChI is InChI=1S/C20H27N5O3/c1-12-18(26)23-22-17-8-6-13-5-7-14(9-16(13)25(12)17)21-15-10-24(11-15)19(27)28-20(2,3)4/h5,7,9,12,15,21H,6,8,10-11H2,1-4H3,(H,23,26). The van der Waals surface area contributed by atoms with Gasteiger partial charge in [-0.25, -0.2) is 10.2 Å². The van der Waals surface area contributed by atoms with Gasteiger partial charge >= 0.3 is 6.09 Å². The lowest BCUT2D eigenvalue weighted by Gasteiger charge is -2.41. The fourth-order valence-corrected chi connectivity index (χ4v) is 3.75. The zero-order chi connectivity index (χ0) is 20.1. The van der Waals surface area contributed by atoms with E-state index in [0.29, 0.717) is 13.1 Å². The van der Waals surface area contributed by atoms with E-state index >= 15 is 0 Å². The van der Waals surface area contributed by atoms with Crippen LogP contribution in [0, 0.1) is 0 Å². The molecule has 3 aliphatic rings. The summed E-state index contributed by atoms with van der Waals surface area (Å²) in [5, 5.41) is 7.70. The summed E-state index contributed by atoms with van der Waals surface area (Å²) in [6, 6.07) is 6.15. The van der Waals surface area contributed by atoms with Crippen molar-refractivity contribution in [3.8, 4) is 0 Å². The van der Waals surface area contributed by atoms with E-state index in [1.54, 1.807) is 4.90 Å². The zero-order valence-corrected chi connectivity index (χ0v) is 16.8. The number of nitrogens with zero attached hydrogens (tertiary/aromatic N) is 3. The number of amidine groups is 1. The summed E-state index contributed by atoms with van der Waals surface area (Å²) in [4.78, 5) is 27.8. The Hall–Kier alpha value is -2.77. The van der Waals surface area contributed by atoms with Crippen LogP contribution < -0.4 is 15.6 Å². The van der Waals surface area contributed by atoms with Crippen molar-refractivity contribution in [3.63, 3.8) is 0 Å². The quantitative estimate of drug-likeness (QED) is 0.816. The fraction of sp³-hybridized carbons (Fsp3) is 0.550. The van der Waals surface area contributed by atoms with Gasteiger partial charge in [0.1, 0.15) is 17.5 Å². The number of nitrogens with one attached hydrogen (secondary N) is 2. The molecule has 1 fully saturated rings. The van der Waals surface area contributed by atoms with Gasteiger partial charge in [-0.05, 0) is 51.8 Å². The molecule has 28 heavy (non-hydrogen) atoms. The largest absolute Gasteiger partial charge is 0.444 e. The van der Waals surface area contributed by atoms with Crippen LogP contribution >= 0.6 is 0 Å². The molecule has 1 aromatic rings. The number of carbonyl (C=O) groups is 2. The van der Waals surface area contributed by atoms with Crippen molar-refractivity contribution in [1.82, 2.24) is 10.3 Å². The van der Waals surface area contributed by atoms with E-state index in [9.17, 15) is 9.59 Å². The second-order valence-corrected chi connectivity index (χ2v) is 8.62. The van der Waals surface area contributed by atoms with Gasteiger partial charge in [-0.15, -0.1) is 0 Å². The Morgan fingerprint density at radius 1 is 1.29 bits per heavy atom. The second-order valence-electron chi connectivity index (χ2n) is 8.62. The van der Waals surface area contributed by atoms with Gasteiger partial charge in [0.15, 0.2) is 0 Å². The molecule has 1 saturated heterocycles. The Morgan fingerprint density at radius 2 is 2.04 bits per heavy atom. The predicted octanol–water partition coefficient (Wildman–Crippen LogP) is 2.30. The number of aryl methyl sites for hydroxylation is 1. The number of hydrogen-bond donors (Lipinski definition) is 2. The normalized spacial score (nSPS) is 21.8. The Morgan fingerprint density at radius 3 is 2.75 bits per heavy atom. The number of hydrogen-bond acceptors (Lipinski definition) is 6. The molecule has 0 saturated carbocycles. The summed E-state index contributed by atoms with van der Waals surface area (Å²) in [7, 11) is 0. The third kappa shape index (κ3) is 3.50. The third-order valence-electron chi connectivity index (χ3n) is 5.21. The maximum atomic E-state index is 12.1. The zero-order valence-electron chi connectivity index (χ0n) is 16.8. The van der Waals surface area contributed by atoms with Crippen LogP contribution in [0.15, 0.2) is 23.3 Å². The van der Waals surface area contributed by atoms with Crippen LogP contribution in [0.1, 0.15) is 39.7 Å². The number of amides is 2. The minimum absolute atomic E-state index is 0.0954. The lowest BCUT2D eigenvalue weighted by Crippen LogP contribution is -2.58. The molecule has 2 N–H and O–H groups in total. The average Bonchev–Trinajstić information content (AvgIpc) is 2.58. The minimum Gasteiger partial charge on any atom is -0.444 e. The summed E-state index contributed by atoms with van der Waals surface area (Å²) < 4.78 is 5.40. The number of hydrazone groups is 1. The molecule has 0 spiro atoms. The lowest BCUT2D eigenvalue weighted by atomic mass is 9.97. The SMILES string of the molecule is CC1C(=O)NN=C2CCc3ccc(NC4CN(C(=O)OC(C)(C)C)C4)cc3N21. The van der Waals surface area contributed by atoms with Gasteiger partial charge in [-0.3, -0.25) is 4.79 Å². The number of anilines is 2. The summed E-state index contributed by atoms with van der Waals surface area (Å²) in [5.74, 6) is 0.804. The molecular formula is C20H27N5O3. The van der Waals surface area contributed by atoms with Gasteiger partial charge in [0.2, 0.25) is 0 Å². The van der Waals surface area contributed by atoms with E-state index in [1.165, 1.54) is 5.56 Å². The number of ether oxygens (including phenoxy) is 1. The van der Waals surface area contributed by atoms with Gasteiger partial charge in [-0.1, -0.05) is 6.07 Å². The van der Waals surface area contributed by atoms with Crippen LogP contribution in [-0.2, 0) is 16.0 Å². The molecule has 3 aliphatic heterocycles. The van der Waals surface area contributed by atoms with Crippen molar-refractivity contribution in [2.24, 2.45) is 5.10 Å². The maximum Gasteiger partial charge on any atom is 0.410 e. The first-order valence-electron chi connectivity index (χ1n) is 9.74. The molecule has 0 radical (unpaired) electrons. The lowest BCUT2D eigenvalue weighted by molar-refractivity contribution is -0.122. The Bertz CT molecular complexity index is 839. The number of rotatable bonds is 2. The second kappa shape index (κ2) is 6.68. The molecule has 2 amide bonds. The molecule has 1 unspecified atom stereocenters. The molecule has 1 aromatic carbocycles. The van der Waals surface area contributed by atoms with Crippen LogP contribution in [0.4, 0.5) is 16.2 Å². The topological polar surface area (TPSA) is 86.3 Å². The minimum atomic E-state index is -0.481. The van der Waals surface area contributed by atoms with E-state index in [2.05, 4.69) is 34.0 Å². The summed E-state index contributed by atoms with van der Waals surface area (Å²) in [5.41, 5.74) is 5.34. The third-order valence-corrected chi connectivity index (χ3v) is 5.21. The van der Waals surface area contributed by atoms with E-state index in [-0.39, 0.29) is 24.1 Å². The first-order chi connectivity index (χ1) is 13.2. The molecule has 3 heterocycles. The Kier molecular flexibility index (Phi) is 4.44. The summed E-state index contributed by atoms with van der Waals surface area (Å²) in [6.45, 7) is 8.72. The summed E-state index contributed by atoms with van der Waals surface area (Å²) >= 11 is 0. The monoisotopic (exact) mass is 385 g/mol. The van der Waals surface area contributed by atoms with Crippen molar-refractivity contribution < 1.29 is 14.3 Å². The predicted molar refractivity (Wildman–Crippen MR) is 107 cm³/mol. The van der Waals surface area contributed by atoms with Crippen molar-refractivity contribution >= 4 is 29.2 Å². The highest BCUT2D eigenvalue weighted by molar-refractivity contribution is 6.08. The first-order valence-corrected chi connectivity index (χ1v) is 9.74. The molecule has 8 nitrogen and oxygen atoms in total. The molecule has 0 aromatic heterocycles. The maximum absolute atomic E-state index is 12.1. The number of carbonyl (C=O) groups excluding carboxylic acids is 2. The van der Waals surface area contributed by atoms with E-state index in [1.807, 2.05) is 32.6 Å². The van der Waals surface area contributed by atoms with Crippen LogP contribution in [0.5, 0.6) is 0 Å². The molecule has 4 rings (SSSR count). The molecule has 0 aliphatic carbocycles. The van der Waals surface area contributed by atoms with Gasteiger partial charge in [0.05, 0.1) is 6.04 Å². The van der Waals surface area contributed by atoms with Gasteiger partial charge in [-0.2, -0.15) is 5.10 Å². The van der Waals surface area contributed by atoms with Gasteiger partial charge in [0, 0.05) is 30.9 Å². The number of likely N-dealkylation sites (tertiary alicyclic amines) is 1. The molecule has 0 bridgehead atoms. The molecule has 150 valence electrons. The molecular weight excluding hydrogens is 358 g/mol. The number of benzene rings is 1. The Balaban J connectivity index is 1.43. The molecule has 8 heteroatoms. The highest BCUT2D eigenvalue weighted by Crippen LogP contribution is 2.34. The van der Waals surface area contributed by atoms with Crippen LogP contribution in [0.3, 0.4) is 0 Å². The Labute approximate surface area is 164 Å². The average molecular weight is 385 g/mol. The fourth-order valence-electron chi connectivity index (χ4n) is 3.75. The van der Waals surface area contributed by atoms with E-state index in [4.69, 9.17) is 4.74 Å². The van der Waals surface area contributed by atoms with Crippen molar-refractivity contribution in [3.05, 3.63) is 23.8 Å². The van der Waals surface area contributed by atoms with Gasteiger partial charge in [0.25, 0.3) is 5.91 Å². The highest BCUT2D eigenvalue weighted by Gasteiger charge is 2.36. The smallest absolute Gasteiger partial charge is 0.410 e. The van der Waals surface area contributed by atoms with Crippen LogP contribution in [0.2, 0.25) is 0 Å². The van der Waals surface area contributed by atoms with Crippen LogP contribution in [0.25, 0.3) is 0 Å². The number of fused-ring (bicyclic) bond motifs is 3. The highest BCUT2D eigenvalue weighted by atomic mass is 16.6. The molecule has 1 atom stereocenters. The van der Waals surface area contributed by atoms with Gasteiger partial charge < -0.3 is 19.9 Å². The van der Waals surface area contributed by atoms with E-state index < -0.39 is 5.60 Å². The van der Waals surface area contributed by atoms with Crippen molar-refractivity contribution in [2.45, 2.75) is 58.2 Å². The van der Waals surface area contributed by atoms with E-state index in [0.717, 1.165) is 30.1 Å². The van der Waals surface area contributed by atoms with Crippen molar-refractivity contribution in [2.75, 3.05) is 23.3 Å². The van der Waals surface area contributed by atoms with Crippen molar-refractivity contribution in [1.29, 1.82) is 0 Å². The first kappa shape index (κ1) is 18.6. The van der Waals surface area contributed by atoms with Crippen LogP contribution in [-0.4, -0.2) is 53.5 Å².